The maximum atomic E-state index is 11.9. The van der Waals surface area contributed by atoms with Crippen molar-refractivity contribution in [3.63, 3.8) is 0 Å². The molecular formula is C36H46O4. The van der Waals surface area contributed by atoms with Crippen LogP contribution in [0.2, 0.25) is 0 Å². The molecule has 0 spiro atoms. The zero-order valence-corrected chi connectivity index (χ0v) is 24.7. The fourth-order valence-corrected chi connectivity index (χ4v) is 5.61. The van der Waals surface area contributed by atoms with E-state index in [2.05, 4.69) is 45.9 Å². The van der Waals surface area contributed by atoms with E-state index in [0.29, 0.717) is 11.5 Å². The molecule has 0 bridgehead atoms. The van der Waals surface area contributed by atoms with Crippen molar-refractivity contribution in [2.24, 2.45) is 0 Å². The molecule has 0 aromatic heterocycles. The first-order valence-electron chi connectivity index (χ1n) is 15.1. The number of carbonyl (C=O) groups is 2. The van der Waals surface area contributed by atoms with Crippen LogP contribution in [0.4, 0.5) is 0 Å². The molecule has 0 saturated heterocycles. The minimum absolute atomic E-state index is 0.252. The molecule has 3 rings (SSSR count). The predicted octanol–water partition coefficient (Wildman–Crippen LogP) is 10.6. The van der Waals surface area contributed by atoms with Crippen LogP contribution in [-0.4, -0.2) is 22.2 Å². The van der Waals surface area contributed by atoms with Gasteiger partial charge in [0.05, 0.1) is 11.1 Å². The van der Waals surface area contributed by atoms with Gasteiger partial charge in [0.2, 0.25) is 0 Å². The van der Waals surface area contributed by atoms with Gasteiger partial charge in [-0.3, -0.25) is 0 Å². The van der Waals surface area contributed by atoms with Gasteiger partial charge in [0.15, 0.2) is 0 Å². The first-order valence-corrected chi connectivity index (χ1v) is 15.1. The first-order chi connectivity index (χ1) is 19.3. The number of carboxylic acids is 2. The van der Waals surface area contributed by atoms with Crippen molar-refractivity contribution < 1.29 is 19.8 Å². The fraction of sp³-hybridized carbons (Fsp3) is 0.444. The third kappa shape index (κ3) is 8.30. The number of hydrogen-bond acceptors (Lipinski definition) is 2. The Hall–Kier alpha value is -3.40. The van der Waals surface area contributed by atoms with Crippen LogP contribution in [0.3, 0.4) is 0 Å². The molecule has 0 radical (unpaired) electrons. The summed E-state index contributed by atoms with van der Waals surface area (Å²) < 4.78 is 0. The zero-order valence-electron chi connectivity index (χ0n) is 24.7. The van der Waals surface area contributed by atoms with Gasteiger partial charge in [-0.05, 0) is 82.3 Å². The lowest BCUT2D eigenvalue weighted by Gasteiger charge is -2.23. The second-order valence-corrected chi connectivity index (χ2v) is 11.3. The third-order valence-corrected chi connectivity index (χ3v) is 8.15. The average Bonchev–Trinajstić information content (AvgIpc) is 2.96. The quantitative estimate of drug-likeness (QED) is 0.177. The standard InChI is InChI=1S/C36H46O4/c1-5-7-9-11-13-25(3)33-23-29(27-15-17-28(18-16-27)35(37)38)19-21-31(33)32-22-20-30(36(39)40)24-34(32)26(4)14-12-10-8-6-2/h15-26H,5-14H2,1-4H3,(H,37,38)(H,39,40)/t25-,26-/m1/s1. The Kier molecular flexibility index (Phi) is 12.0. The Bertz CT molecular complexity index is 1260. The molecule has 2 atom stereocenters. The van der Waals surface area contributed by atoms with Gasteiger partial charge >= 0.3 is 11.9 Å². The van der Waals surface area contributed by atoms with Gasteiger partial charge in [-0.2, -0.15) is 0 Å². The van der Waals surface area contributed by atoms with Crippen molar-refractivity contribution in [2.45, 2.75) is 104 Å². The van der Waals surface area contributed by atoms with Gasteiger partial charge in [-0.15, -0.1) is 0 Å². The highest BCUT2D eigenvalue weighted by Gasteiger charge is 2.20. The Morgan fingerprint density at radius 2 is 1.02 bits per heavy atom. The van der Waals surface area contributed by atoms with Crippen molar-refractivity contribution >= 4 is 11.9 Å². The molecule has 0 unspecified atom stereocenters. The monoisotopic (exact) mass is 542 g/mol. The molecule has 214 valence electrons. The minimum atomic E-state index is -0.926. The lowest BCUT2D eigenvalue weighted by molar-refractivity contribution is 0.0686. The normalized spacial score (nSPS) is 12.7. The number of rotatable bonds is 16. The molecular weight excluding hydrogens is 496 g/mol. The zero-order chi connectivity index (χ0) is 29.1. The van der Waals surface area contributed by atoms with Crippen molar-refractivity contribution in [2.75, 3.05) is 0 Å². The van der Waals surface area contributed by atoms with E-state index in [0.717, 1.165) is 41.5 Å². The van der Waals surface area contributed by atoms with Crippen LogP contribution in [0, 0.1) is 0 Å². The van der Waals surface area contributed by atoms with Gasteiger partial charge in [0.1, 0.15) is 0 Å². The predicted molar refractivity (Wildman–Crippen MR) is 166 cm³/mol. The summed E-state index contributed by atoms with van der Waals surface area (Å²) >= 11 is 0. The molecule has 0 heterocycles. The third-order valence-electron chi connectivity index (χ3n) is 8.15. The highest BCUT2D eigenvalue weighted by Crippen LogP contribution is 2.40. The molecule has 4 nitrogen and oxygen atoms in total. The van der Waals surface area contributed by atoms with Crippen molar-refractivity contribution in [1.29, 1.82) is 0 Å². The van der Waals surface area contributed by atoms with E-state index in [1.54, 1.807) is 18.2 Å². The number of carboxylic acid groups (broad SMARTS) is 2. The van der Waals surface area contributed by atoms with E-state index in [-0.39, 0.29) is 11.5 Å². The van der Waals surface area contributed by atoms with E-state index >= 15 is 0 Å². The van der Waals surface area contributed by atoms with Crippen LogP contribution in [0.5, 0.6) is 0 Å². The molecule has 40 heavy (non-hydrogen) atoms. The van der Waals surface area contributed by atoms with Crippen LogP contribution in [-0.2, 0) is 0 Å². The highest BCUT2D eigenvalue weighted by atomic mass is 16.4. The van der Waals surface area contributed by atoms with E-state index < -0.39 is 11.9 Å². The maximum Gasteiger partial charge on any atom is 0.335 e. The second kappa shape index (κ2) is 15.4. The van der Waals surface area contributed by atoms with Crippen LogP contribution in [0.25, 0.3) is 22.3 Å². The van der Waals surface area contributed by atoms with Gasteiger partial charge in [-0.1, -0.05) is 115 Å². The summed E-state index contributed by atoms with van der Waals surface area (Å²) in [5, 5.41) is 19.1. The van der Waals surface area contributed by atoms with Crippen LogP contribution >= 0.6 is 0 Å². The number of aromatic carboxylic acids is 2. The topological polar surface area (TPSA) is 74.6 Å². The second-order valence-electron chi connectivity index (χ2n) is 11.3. The Labute approximate surface area is 240 Å². The Morgan fingerprint density at radius 1 is 0.575 bits per heavy atom. The summed E-state index contributed by atoms with van der Waals surface area (Å²) in [5.74, 6) is -1.24. The minimum Gasteiger partial charge on any atom is -0.478 e. The van der Waals surface area contributed by atoms with Gasteiger partial charge in [0, 0.05) is 0 Å². The largest absolute Gasteiger partial charge is 0.478 e. The van der Waals surface area contributed by atoms with Crippen molar-refractivity contribution in [3.8, 4) is 22.3 Å². The number of hydrogen-bond donors (Lipinski definition) is 2. The summed E-state index contributed by atoms with van der Waals surface area (Å²) in [4.78, 5) is 23.3. The fourth-order valence-electron chi connectivity index (χ4n) is 5.61. The lowest BCUT2D eigenvalue weighted by atomic mass is 9.81. The van der Waals surface area contributed by atoms with Crippen LogP contribution < -0.4 is 0 Å². The summed E-state index contributed by atoms with van der Waals surface area (Å²) in [6, 6.07) is 19.2. The molecule has 0 fully saturated rings. The summed E-state index contributed by atoms with van der Waals surface area (Å²) in [6.07, 6.45) is 11.7. The number of unbranched alkanes of at least 4 members (excludes halogenated alkanes) is 6. The molecule has 3 aromatic carbocycles. The summed E-state index contributed by atoms with van der Waals surface area (Å²) in [5.41, 5.74) is 7.32. The lowest BCUT2D eigenvalue weighted by Crippen LogP contribution is -2.05. The molecule has 0 aliphatic carbocycles. The average molecular weight is 543 g/mol. The van der Waals surface area contributed by atoms with E-state index in [4.69, 9.17) is 0 Å². The molecule has 4 heteroatoms. The van der Waals surface area contributed by atoms with Gasteiger partial charge < -0.3 is 10.2 Å². The van der Waals surface area contributed by atoms with E-state index in [1.807, 2.05) is 24.3 Å². The van der Waals surface area contributed by atoms with Gasteiger partial charge in [-0.25, -0.2) is 9.59 Å². The Morgan fingerprint density at radius 3 is 1.52 bits per heavy atom. The first kappa shape index (κ1) is 31.1. The van der Waals surface area contributed by atoms with Gasteiger partial charge in [0.25, 0.3) is 0 Å². The molecule has 3 aromatic rings. The maximum absolute atomic E-state index is 11.9. The Balaban J connectivity index is 2.08. The smallest absolute Gasteiger partial charge is 0.335 e. The molecule has 0 aliphatic rings. The van der Waals surface area contributed by atoms with Crippen molar-refractivity contribution in [1.82, 2.24) is 0 Å². The molecule has 0 aliphatic heterocycles. The van der Waals surface area contributed by atoms with Crippen molar-refractivity contribution in [3.05, 3.63) is 82.9 Å². The molecule has 2 N–H and O–H groups in total. The van der Waals surface area contributed by atoms with E-state index in [1.165, 1.54) is 56.1 Å². The number of benzene rings is 3. The summed E-state index contributed by atoms with van der Waals surface area (Å²) in [7, 11) is 0. The highest BCUT2D eigenvalue weighted by molar-refractivity contribution is 5.90. The summed E-state index contributed by atoms with van der Waals surface area (Å²) in [6.45, 7) is 8.96. The SMILES string of the molecule is CCCCCC[C@@H](C)c1cc(C(=O)O)ccc1-c1ccc(-c2ccc(C(=O)O)cc2)cc1[C@H](C)CCCCCC. The van der Waals surface area contributed by atoms with E-state index in [9.17, 15) is 19.8 Å². The van der Waals surface area contributed by atoms with Crippen LogP contribution in [0.1, 0.15) is 136 Å². The van der Waals surface area contributed by atoms with Crippen LogP contribution in [0.15, 0.2) is 60.7 Å². The molecule has 0 amide bonds. The molecule has 0 saturated carbocycles.